The number of primary amides is 1. The van der Waals surface area contributed by atoms with Gasteiger partial charge in [0.2, 0.25) is 0 Å². The molecule has 0 aromatic carbocycles. The molecule has 2 N–H and O–H groups in total. The number of thiophene rings is 1. The topological polar surface area (TPSA) is 61.5 Å². The SMILES string of the molecule is CC1(C)OB(c2ccc(C(N)=O)s2)OC1(C)C. The van der Waals surface area contributed by atoms with Gasteiger partial charge in [0.1, 0.15) is 0 Å². The summed E-state index contributed by atoms with van der Waals surface area (Å²) in [5, 5.41) is 0. The second kappa shape index (κ2) is 3.83. The van der Waals surface area contributed by atoms with Crippen LogP contribution in [0.5, 0.6) is 0 Å². The molecular weight excluding hydrogens is 237 g/mol. The van der Waals surface area contributed by atoms with E-state index in [2.05, 4.69) is 0 Å². The van der Waals surface area contributed by atoms with Gasteiger partial charge in [0.15, 0.2) is 0 Å². The largest absolute Gasteiger partial charge is 0.505 e. The molecule has 0 atom stereocenters. The van der Waals surface area contributed by atoms with Crippen LogP contribution in [0.15, 0.2) is 12.1 Å². The maximum atomic E-state index is 11.0. The van der Waals surface area contributed by atoms with Crippen LogP contribution in [0.3, 0.4) is 0 Å². The van der Waals surface area contributed by atoms with Gasteiger partial charge in [-0.15, -0.1) is 11.3 Å². The fourth-order valence-electron chi connectivity index (χ4n) is 1.57. The summed E-state index contributed by atoms with van der Waals surface area (Å²) in [6.45, 7) is 7.98. The lowest BCUT2D eigenvalue weighted by atomic mass is 9.88. The number of rotatable bonds is 2. The molecule has 0 aliphatic carbocycles. The monoisotopic (exact) mass is 253 g/mol. The fraction of sp³-hybridized carbons (Fsp3) is 0.545. The normalized spacial score (nSPS) is 21.8. The number of nitrogens with two attached hydrogens (primary N) is 1. The standard InChI is InChI=1S/C11H16BNO3S/c1-10(2)11(3,4)16-12(15-10)8-6-5-7(17-8)9(13)14/h5-6H,1-4H3,(H2,13,14). The molecule has 2 heterocycles. The maximum absolute atomic E-state index is 11.0. The first-order valence-corrected chi connectivity index (χ1v) is 6.30. The summed E-state index contributed by atoms with van der Waals surface area (Å²) in [6.07, 6.45) is 0. The maximum Gasteiger partial charge on any atom is 0.505 e. The quantitative estimate of drug-likeness (QED) is 0.804. The number of carbonyl (C=O) groups is 1. The molecule has 2 rings (SSSR count). The molecule has 1 fully saturated rings. The summed E-state index contributed by atoms with van der Waals surface area (Å²) in [7, 11) is -0.418. The Morgan fingerprint density at radius 1 is 1.24 bits per heavy atom. The first-order chi connectivity index (χ1) is 7.73. The summed E-state index contributed by atoms with van der Waals surface area (Å²) < 4.78 is 12.6. The van der Waals surface area contributed by atoms with E-state index in [0.717, 1.165) is 4.78 Å². The van der Waals surface area contributed by atoms with Gasteiger partial charge in [0.05, 0.1) is 16.1 Å². The van der Waals surface area contributed by atoms with Gasteiger partial charge in [0, 0.05) is 4.78 Å². The molecule has 1 amide bonds. The van der Waals surface area contributed by atoms with Crippen molar-refractivity contribution in [3.05, 3.63) is 17.0 Å². The lowest BCUT2D eigenvalue weighted by Gasteiger charge is -2.32. The predicted molar refractivity (Wildman–Crippen MR) is 68.6 cm³/mol. The van der Waals surface area contributed by atoms with Crippen LogP contribution in [0.4, 0.5) is 0 Å². The van der Waals surface area contributed by atoms with Crippen LogP contribution in [0, 0.1) is 0 Å². The van der Waals surface area contributed by atoms with E-state index in [1.807, 2.05) is 33.8 Å². The smallest absolute Gasteiger partial charge is 0.399 e. The van der Waals surface area contributed by atoms with Crippen LogP contribution in [0.25, 0.3) is 0 Å². The van der Waals surface area contributed by atoms with Gasteiger partial charge in [-0.1, -0.05) is 6.07 Å². The zero-order valence-electron chi connectivity index (χ0n) is 10.4. The van der Waals surface area contributed by atoms with Crippen LogP contribution >= 0.6 is 11.3 Å². The first kappa shape index (κ1) is 12.6. The molecule has 6 heteroatoms. The van der Waals surface area contributed by atoms with Crippen LogP contribution in [0.1, 0.15) is 37.4 Å². The summed E-state index contributed by atoms with van der Waals surface area (Å²) in [5.41, 5.74) is 4.49. The number of hydrogen-bond acceptors (Lipinski definition) is 4. The highest BCUT2D eigenvalue weighted by molar-refractivity contribution is 7.23. The number of carbonyl (C=O) groups excluding carboxylic acids is 1. The molecular formula is C11H16BNO3S. The summed E-state index contributed by atoms with van der Waals surface area (Å²) >= 11 is 1.32. The Labute approximate surface area is 105 Å². The van der Waals surface area contributed by atoms with E-state index in [0.29, 0.717) is 4.88 Å². The molecule has 0 spiro atoms. The van der Waals surface area contributed by atoms with Crippen LogP contribution in [0.2, 0.25) is 0 Å². The van der Waals surface area contributed by atoms with E-state index < -0.39 is 13.0 Å². The molecule has 1 saturated heterocycles. The van der Waals surface area contributed by atoms with E-state index in [1.54, 1.807) is 6.07 Å². The molecule has 1 aromatic rings. The van der Waals surface area contributed by atoms with Gasteiger partial charge in [-0.2, -0.15) is 0 Å². The van der Waals surface area contributed by atoms with E-state index in [1.165, 1.54) is 11.3 Å². The third-order valence-electron chi connectivity index (χ3n) is 3.36. The molecule has 0 saturated carbocycles. The van der Waals surface area contributed by atoms with Gasteiger partial charge in [0.25, 0.3) is 5.91 Å². The average molecular weight is 253 g/mol. The highest BCUT2D eigenvalue weighted by atomic mass is 32.1. The highest BCUT2D eigenvalue weighted by Crippen LogP contribution is 2.36. The minimum absolute atomic E-state index is 0.367. The number of hydrogen-bond donors (Lipinski definition) is 1. The minimum atomic E-state index is -0.419. The molecule has 0 unspecified atom stereocenters. The molecule has 1 aliphatic rings. The van der Waals surface area contributed by atoms with Crippen LogP contribution in [-0.2, 0) is 9.31 Å². The highest BCUT2D eigenvalue weighted by Gasteiger charge is 2.52. The second-order valence-corrected chi connectivity index (χ2v) is 6.27. The van der Waals surface area contributed by atoms with Crippen LogP contribution < -0.4 is 10.5 Å². The van der Waals surface area contributed by atoms with Crippen molar-refractivity contribution in [2.24, 2.45) is 5.73 Å². The van der Waals surface area contributed by atoms with Crippen molar-refractivity contribution in [1.82, 2.24) is 0 Å². The molecule has 92 valence electrons. The van der Waals surface area contributed by atoms with Crippen LogP contribution in [-0.4, -0.2) is 24.2 Å². The molecule has 1 aromatic heterocycles. The zero-order valence-corrected chi connectivity index (χ0v) is 11.3. The zero-order chi connectivity index (χ0) is 12.8. The minimum Gasteiger partial charge on any atom is -0.399 e. The predicted octanol–water partition coefficient (Wildman–Crippen LogP) is 1.15. The lowest BCUT2D eigenvalue weighted by Crippen LogP contribution is -2.41. The third-order valence-corrected chi connectivity index (χ3v) is 4.48. The summed E-state index contributed by atoms with van der Waals surface area (Å²) in [6, 6.07) is 3.53. The Balaban J connectivity index is 2.23. The van der Waals surface area contributed by atoms with Crippen molar-refractivity contribution < 1.29 is 14.1 Å². The van der Waals surface area contributed by atoms with Crippen molar-refractivity contribution in [2.75, 3.05) is 0 Å². The Kier molecular flexibility index (Phi) is 2.84. The Morgan fingerprint density at radius 2 is 1.76 bits per heavy atom. The van der Waals surface area contributed by atoms with Gasteiger partial charge < -0.3 is 15.0 Å². The van der Waals surface area contributed by atoms with E-state index >= 15 is 0 Å². The van der Waals surface area contributed by atoms with E-state index in [-0.39, 0.29) is 11.2 Å². The fourth-order valence-corrected chi connectivity index (χ4v) is 2.39. The molecule has 0 bridgehead atoms. The van der Waals surface area contributed by atoms with Crippen molar-refractivity contribution in [1.29, 1.82) is 0 Å². The van der Waals surface area contributed by atoms with Crippen molar-refractivity contribution >= 4 is 29.1 Å². The molecule has 4 nitrogen and oxygen atoms in total. The third kappa shape index (κ3) is 2.12. The van der Waals surface area contributed by atoms with Crippen molar-refractivity contribution in [3.63, 3.8) is 0 Å². The molecule has 0 radical (unpaired) electrons. The van der Waals surface area contributed by atoms with Gasteiger partial charge >= 0.3 is 7.12 Å². The van der Waals surface area contributed by atoms with Gasteiger partial charge in [-0.25, -0.2) is 0 Å². The van der Waals surface area contributed by atoms with Crippen molar-refractivity contribution in [2.45, 2.75) is 38.9 Å². The Morgan fingerprint density at radius 3 is 2.18 bits per heavy atom. The summed E-state index contributed by atoms with van der Waals surface area (Å²) in [4.78, 5) is 11.6. The summed E-state index contributed by atoms with van der Waals surface area (Å²) in [5.74, 6) is -0.419. The van der Waals surface area contributed by atoms with Gasteiger partial charge in [-0.3, -0.25) is 4.79 Å². The Bertz CT molecular complexity index is 439. The molecule has 17 heavy (non-hydrogen) atoms. The second-order valence-electron chi connectivity index (χ2n) is 5.15. The Hall–Kier alpha value is -0.845. The van der Waals surface area contributed by atoms with E-state index in [4.69, 9.17) is 15.0 Å². The first-order valence-electron chi connectivity index (χ1n) is 5.48. The van der Waals surface area contributed by atoms with E-state index in [9.17, 15) is 4.79 Å². The lowest BCUT2D eigenvalue weighted by molar-refractivity contribution is 0.00578. The van der Waals surface area contributed by atoms with Gasteiger partial charge in [-0.05, 0) is 33.8 Å². The van der Waals surface area contributed by atoms with Crippen molar-refractivity contribution in [3.8, 4) is 0 Å². The number of amides is 1. The average Bonchev–Trinajstić information content (AvgIpc) is 2.70. The molecule has 1 aliphatic heterocycles.